The van der Waals surface area contributed by atoms with E-state index in [2.05, 4.69) is 43.4 Å². The number of aryl methyl sites for hydroxylation is 1. The molecule has 5 rings (SSSR count). The molecule has 0 unspecified atom stereocenters. The molecule has 0 aliphatic carbocycles. The minimum absolute atomic E-state index is 0.242. The number of carbonyl (C=O) groups is 1. The topological polar surface area (TPSA) is 95.6 Å². The van der Waals surface area contributed by atoms with Crippen molar-refractivity contribution in [2.75, 3.05) is 57.7 Å². The smallest absolute Gasteiger partial charge is 0.257 e. The van der Waals surface area contributed by atoms with Crippen LogP contribution < -0.4 is 19.7 Å². The highest BCUT2D eigenvalue weighted by atomic mass is 35.5. The average molecular weight is 555 g/mol. The zero-order valence-electron chi connectivity index (χ0n) is 21.6. The molecule has 0 spiro atoms. The Hall–Kier alpha value is -3.53. The fraction of sp³-hybridized carbons (Fsp3) is 0.296. The van der Waals surface area contributed by atoms with Gasteiger partial charge < -0.3 is 24.6 Å². The van der Waals surface area contributed by atoms with E-state index in [0.717, 1.165) is 37.4 Å². The number of piperazine rings is 1. The van der Waals surface area contributed by atoms with E-state index in [9.17, 15) is 4.79 Å². The number of carbonyl (C=O) groups excluding carboxylic acids is 1. The maximum absolute atomic E-state index is 13.2. The minimum atomic E-state index is -0.242. The molecule has 2 aromatic heterocycles. The number of amides is 1. The molecule has 0 atom stereocenters. The SMILES string of the molecule is COc1cc(OC)c(Cl)c(-c2ccc3c(NC(=O)c4ccc(N5CCN(C)CC5)cc4C)n[nH]c3n2)c1Cl. The number of nitrogens with zero attached hydrogens (tertiary/aromatic N) is 4. The molecule has 9 nitrogen and oxygen atoms in total. The molecule has 198 valence electrons. The van der Waals surface area contributed by atoms with Gasteiger partial charge in [-0.3, -0.25) is 9.89 Å². The summed E-state index contributed by atoms with van der Waals surface area (Å²) in [6.07, 6.45) is 0. The lowest BCUT2D eigenvalue weighted by Crippen LogP contribution is -2.44. The van der Waals surface area contributed by atoms with Gasteiger partial charge in [-0.2, -0.15) is 5.10 Å². The van der Waals surface area contributed by atoms with Crippen LogP contribution in [0.15, 0.2) is 36.4 Å². The largest absolute Gasteiger partial charge is 0.495 e. The Morgan fingerprint density at radius 2 is 1.68 bits per heavy atom. The van der Waals surface area contributed by atoms with E-state index in [1.165, 1.54) is 14.2 Å². The molecular weight excluding hydrogens is 527 g/mol. The average Bonchev–Trinajstić information content (AvgIpc) is 3.31. The lowest BCUT2D eigenvalue weighted by Gasteiger charge is -2.34. The van der Waals surface area contributed by atoms with E-state index in [4.69, 9.17) is 32.7 Å². The summed E-state index contributed by atoms with van der Waals surface area (Å²) in [5, 5.41) is 11.4. The standard InChI is InChI=1S/C27H28Cl2N6O3/c1-15-13-16(35-11-9-34(2)10-12-35)5-6-17(15)27(36)31-26-18-7-8-19(30-25(18)32-33-26)22-23(28)20(37-3)14-21(38-4)24(22)29/h5-8,13-14H,9-12H2,1-4H3,(H2,30,31,32,33,36). The van der Waals surface area contributed by atoms with Crippen LogP contribution >= 0.6 is 23.2 Å². The van der Waals surface area contributed by atoms with Gasteiger partial charge in [-0.05, 0) is 49.9 Å². The van der Waals surface area contributed by atoms with E-state index in [0.29, 0.717) is 55.2 Å². The number of rotatable bonds is 6. The highest BCUT2D eigenvalue weighted by Gasteiger charge is 2.22. The van der Waals surface area contributed by atoms with Crippen LogP contribution in [0.1, 0.15) is 15.9 Å². The van der Waals surface area contributed by atoms with Gasteiger partial charge in [0.1, 0.15) is 11.5 Å². The lowest BCUT2D eigenvalue weighted by molar-refractivity contribution is 0.102. The van der Waals surface area contributed by atoms with Crippen molar-refractivity contribution in [1.82, 2.24) is 20.1 Å². The van der Waals surface area contributed by atoms with Gasteiger partial charge in [-0.1, -0.05) is 23.2 Å². The third-order valence-corrected chi connectivity index (χ3v) is 7.56. The molecule has 38 heavy (non-hydrogen) atoms. The highest BCUT2D eigenvalue weighted by Crippen LogP contribution is 2.45. The molecule has 0 bridgehead atoms. The predicted octanol–water partition coefficient (Wildman–Crippen LogP) is 5.26. The summed E-state index contributed by atoms with van der Waals surface area (Å²) in [5.41, 5.74) is 4.06. The van der Waals surface area contributed by atoms with E-state index in [1.54, 1.807) is 18.2 Å². The van der Waals surface area contributed by atoms with Gasteiger partial charge >= 0.3 is 0 Å². The van der Waals surface area contributed by atoms with Crippen molar-refractivity contribution in [3.05, 3.63) is 57.6 Å². The monoisotopic (exact) mass is 554 g/mol. The number of nitrogens with one attached hydrogen (secondary N) is 2. The Labute approximate surface area is 230 Å². The quantitative estimate of drug-likeness (QED) is 0.335. The van der Waals surface area contributed by atoms with E-state index in [1.807, 2.05) is 19.1 Å². The third-order valence-electron chi connectivity index (χ3n) is 6.81. The van der Waals surface area contributed by atoms with Crippen molar-refractivity contribution >= 4 is 51.6 Å². The normalized spacial score (nSPS) is 14.1. The summed E-state index contributed by atoms with van der Waals surface area (Å²) in [7, 11) is 5.16. The molecule has 1 aliphatic rings. The molecule has 1 saturated heterocycles. The summed E-state index contributed by atoms with van der Waals surface area (Å²) in [6.45, 7) is 5.92. The maximum Gasteiger partial charge on any atom is 0.257 e. The summed E-state index contributed by atoms with van der Waals surface area (Å²) >= 11 is 13.1. The number of anilines is 2. The number of benzene rings is 2. The number of methoxy groups -OCH3 is 2. The number of pyridine rings is 1. The first-order chi connectivity index (χ1) is 18.3. The van der Waals surface area contributed by atoms with Crippen molar-refractivity contribution in [3.63, 3.8) is 0 Å². The number of hydrogen-bond acceptors (Lipinski definition) is 7. The number of likely N-dealkylation sites (N-methyl/N-ethyl adjacent to an activating group) is 1. The number of aromatic nitrogens is 3. The van der Waals surface area contributed by atoms with Gasteiger partial charge in [0.05, 0.1) is 35.3 Å². The van der Waals surface area contributed by atoms with Crippen LogP contribution in [0.5, 0.6) is 11.5 Å². The van der Waals surface area contributed by atoms with Crippen molar-refractivity contribution < 1.29 is 14.3 Å². The Morgan fingerprint density at radius 1 is 1.00 bits per heavy atom. The van der Waals surface area contributed by atoms with Gasteiger partial charge in [0, 0.05) is 49.1 Å². The van der Waals surface area contributed by atoms with Gasteiger partial charge in [0.15, 0.2) is 11.5 Å². The molecule has 2 aromatic carbocycles. The Balaban J connectivity index is 1.40. The van der Waals surface area contributed by atoms with Crippen molar-refractivity contribution in [2.24, 2.45) is 0 Å². The fourth-order valence-electron chi connectivity index (χ4n) is 4.59. The molecular formula is C27H28Cl2N6O3. The molecule has 1 aliphatic heterocycles. The Bertz CT molecular complexity index is 1490. The van der Waals surface area contributed by atoms with Crippen LogP contribution in [0.3, 0.4) is 0 Å². The van der Waals surface area contributed by atoms with Crippen LogP contribution in [0.25, 0.3) is 22.3 Å². The summed E-state index contributed by atoms with van der Waals surface area (Å²) in [5.74, 6) is 0.966. The third kappa shape index (κ3) is 4.84. The molecule has 2 N–H and O–H groups in total. The first-order valence-corrected chi connectivity index (χ1v) is 12.9. The number of hydrogen-bond donors (Lipinski definition) is 2. The molecule has 1 fully saturated rings. The summed E-state index contributed by atoms with van der Waals surface area (Å²) in [6, 6.07) is 11.1. The second kappa shape index (κ2) is 10.7. The maximum atomic E-state index is 13.2. The van der Waals surface area contributed by atoms with E-state index in [-0.39, 0.29) is 5.91 Å². The van der Waals surface area contributed by atoms with E-state index >= 15 is 0 Å². The van der Waals surface area contributed by atoms with Gasteiger partial charge in [-0.15, -0.1) is 0 Å². The molecule has 4 aromatic rings. The van der Waals surface area contributed by atoms with Crippen LogP contribution in [0, 0.1) is 6.92 Å². The van der Waals surface area contributed by atoms with Crippen molar-refractivity contribution in [1.29, 1.82) is 0 Å². The molecule has 0 saturated carbocycles. The molecule has 3 heterocycles. The zero-order chi connectivity index (χ0) is 27.0. The van der Waals surface area contributed by atoms with Crippen LogP contribution in [-0.2, 0) is 0 Å². The number of fused-ring (bicyclic) bond motifs is 1. The number of halogens is 2. The molecule has 0 radical (unpaired) electrons. The van der Waals surface area contributed by atoms with Gasteiger partial charge in [0.2, 0.25) is 0 Å². The highest BCUT2D eigenvalue weighted by molar-refractivity contribution is 6.41. The Kier molecular flexibility index (Phi) is 7.34. The summed E-state index contributed by atoms with van der Waals surface area (Å²) < 4.78 is 10.7. The number of ether oxygens (including phenoxy) is 2. The van der Waals surface area contributed by atoms with Gasteiger partial charge in [0.25, 0.3) is 5.91 Å². The fourth-order valence-corrected chi connectivity index (χ4v) is 5.28. The van der Waals surface area contributed by atoms with Crippen molar-refractivity contribution in [3.8, 4) is 22.8 Å². The summed E-state index contributed by atoms with van der Waals surface area (Å²) in [4.78, 5) is 22.5. The zero-order valence-corrected chi connectivity index (χ0v) is 23.1. The number of H-pyrrole nitrogens is 1. The van der Waals surface area contributed by atoms with Gasteiger partial charge in [-0.25, -0.2) is 4.98 Å². The first-order valence-electron chi connectivity index (χ1n) is 12.1. The lowest BCUT2D eigenvalue weighted by atomic mass is 10.1. The molecule has 1 amide bonds. The van der Waals surface area contributed by atoms with E-state index < -0.39 is 0 Å². The minimum Gasteiger partial charge on any atom is -0.495 e. The predicted molar refractivity (Wildman–Crippen MR) is 151 cm³/mol. The second-order valence-electron chi connectivity index (χ2n) is 9.19. The van der Waals surface area contributed by atoms with Crippen LogP contribution in [-0.4, -0.2) is 73.4 Å². The number of aromatic amines is 1. The second-order valence-corrected chi connectivity index (χ2v) is 9.95. The molecule has 11 heteroatoms. The van der Waals surface area contributed by atoms with Crippen molar-refractivity contribution in [2.45, 2.75) is 6.92 Å². The van der Waals surface area contributed by atoms with Crippen LogP contribution in [0.4, 0.5) is 11.5 Å². The first kappa shape index (κ1) is 26.1. The Morgan fingerprint density at radius 3 is 2.32 bits per heavy atom. The van der Waals surface area contributed by atoms with Crippen LogP contribution in [0.2, 0.25) is 10.0 Å².